The molecule has 6 heteroatoms. The molecule has 0 spiro atoms. The molecule has 2 aromatic carbocycles. The van der Waals surface area contributed by atoms with Gasteiger partial charge in [-0.2, -0.15) is 0 Å². The van der Waals surface area contributed by atoms with Gasteiger partial charge in [0.05, 0.1) is 0 Å². The van der Waals surface area contributed by atoms with E-state index in [-0.39, 0.29) is 23.4 Å². The highest BCUT2D eigenvalue weighted by molar-refractivity contribution is 5.94. The maximum absolute atomic E-state index is 13.0. The minimum Gasteiger partial charge on any atom is -0.436 e. The number of hydrogen-bond acceptors (Lipinski definition) is 5. The summed E-state index contributed by atoms with van der Waals surface area (Å²) in [4.78, 5) is 19.4. The van der Waals surface area contributed by atoms with Crippen LogP contribution in [0, 0.1) is 5.92 Å². The van der Waals surface area contributed by atoms with E-state index in [0.29, 0.717) is 11.5 Å². The van der Waals surface area contributed by atoms with Crippen LogP contribution < -0.4 is 5.32 Å². The van der Waals surface area contributed by atoms with E-state index in [1.54, 1.807) is 0 Å². The molecular weight excluding hydrogens is 390 g/mol. The zero-order valence-electron chi connectivity index (χ0n) is 18.0. The monoisotopic (exact) mass is 419 g/mol. The van der Waals surface area contributed by atoms with E-state index in [0.717, 1.165) is 48.8 Å². The quantitative estimate of drug-likeness (QED) is 0.586. The summed E-state index contributed by atoms with van der Waals surface area (Å²) in [5.74, 6) is 0.753. The maximum Gasteiger partial charge on any atom is 0.253 e. The molecule has 3 aromatic rings. The first-order chi connectivity index (χ1) is 14.9. The first-order valence-corrected chi connectivity index (χ1v) is 11.1. The predicted molar refractivity (Wildman–Crippen MR) is 119 cm³/mol. The van der Waals surface area contributed by atoms with E-state index in [1.165, 1.54) is 0 Å². The molecule has 31 heavy (non-hydrogen) atoms. The predicted octanol–water partition coefficient (Wildman–Crippen LogP) is 4.20. The summed E-state index contributed by atoms with van der Waals surface area (Å²) in [7, 11) is 1.87. The number of hydrogen-bond donors (Lipinski definition) is 2. The molecule has 0 radical (unpaired) electrons. The van der Waals surface area contributed by atoms with Crippen molar-refractivity contribution in [3.05, 3.63) is 54.1 Å². The highest BCUT2D eigenvalue weighted by atomic mass is 16.3. The van der Waals surface area contributed by atoms with Crippen LogP contribution in [0.3, 0.4) is 0 Å². The topological polar surface area (TPSA) is 78.6 Å². The lowest BCUT2D eigenvalue weighted by Gasteiger charge is -2.27. The highest BCUT2D eigenvalue weighted by Crippen LogP contribution is 2.38. The number of nitrogens with zero attached hydrogens (tertiary/aromatic N) is 2. The smallest absolute Gasteiger partial charge is 0.253 e. The number of nitrogens with one attached hydrogen (secondary N) is 1. The van der Waals surface area contributed by atoms with Crippen molar-refractivity contribution in [2.75, 3.05) is 7.05 Å². The number of carbonyl (C=O) groups excluding carboxylic acids is 1. The minimum absolute atomic E-state index is 0.00590. The Bertz CT molecular complexity index is 1050. The third-order valence-electron chi connectivity index (χ3n) is 6.93. The van der Waals surface area contributed by atoms with Crippen LogP contribution in [0.2, 0.25) is 0 Å². The fraction of sp³-hybridized carbons (Fsp3) is 0.440. The summed E-state index contributed by atoms with van der Waals surface area (Å²) in [5.41, 5.74) is 3.17. The molecule has 2 aliphatic rings. The van der Waals surface area contributed by atoms with Gasteiger partial charge in [0.15, 0.2) is 5.58 Å². The van der Waals surface area contributed by atoms with Gasteiger partial charge in [0.1, 0.15) is 11.7 Å². The van der Waals surface area contributed by atoms with Crippen molar-refractivity contribution in [2.24, 2.45) is 5.92 Å². The second-order valence-corrected chi connectivity index (χ2v) is 9.36. The average molecular weight is 420 g/mol. The Morgan fingerprint density at radius 3 is 2.65 bits per heavy atom. The van der Waals surface area contributed by atoms with Gasteiger partial charge in [-0.15, -0.1) is 0 Å². The Hall–Kier alpha value is -2.70. The molecular formula is C25H29N3O3. The molecule has 1 amide bonds. The lowest BCUT2D eigenvalue weighted by atomic mass is 10.0. The van der Waals surface area contributed by atoms with Gasteiger partial charge in [-0.25, -0.2) is 4.98 Å². The Kier molecular flexibility index (Phi) is 5.07. The van der Waals surface area contributed by atoms with Crippen molar-refractivity contribution in [3.63, 3.8) is 0 Å². The van der Waals surface area contributed by atoms with Crippen LogP contribution in [-0.4, -0.2) is 45.8 Å². The molecule has 6 nitrogen and oxygen atoms in total. The van der Waals surface area contributed by atoms with Gasteiger partial charge in [0, 0.05) is 35.7 Å². The molecule has 3 unspecified atom stereocenters. The number of rotatable bonds is 6. The van der Waals surface area contributed by atoms with Crippen molar-refractivity contribution in [1.29, 1.82) is 0 Å². The molecule has 0 saturated heterocycles. The van der Waals surface area contributed by atoms with E-state index in [1.807, 2.05) is 60.5 Å². The van der Waals surface area contributed by atoms with Gasteiger partial charge < -0.3 is 14.4 Å². The van der Waals surface area contributed by atoms with Crippen LogP contribution in [0.15, 0.2) is 52.9 Å². The van der Waals surface area contributed by atoms with Crippen molar-refractivity contribution in [3.8, 4) is 11.5 Å². The summed E-state index contributed by atoms with van der Waals surface area (Å²) in [6.45, 7) is 2.16. The second kappa shape index (κ2) is 7.77. The molecule has 0 aliphatic heterocycles. The van der Waals surface area contributed by atoms with Gasteiger partial charge >= 0.3 is 0 Å². The van der Waals surface area contributed by atoms with E-state index >= 15 is 0 Å². The molecule has 2 fully saturated rings. The number of benzene rings is 2. The van der Waals surface area contributed by atoms with Crippen LogP contribution >= 0.6 is 0 Å². The van der Waals surface area contributed by atoms with Crippen molar-refractivity contribution < 1.29 is 14.3 Å². The molecule has 1 aromatic heterocycles. The lowest BCUT2D eigenvalue weighted by Crippen LogP contribution is -2.43. The van der Waals surface area contributed by atoms with Gasteiger partial charge in [-0.05, 0) is 75.4 Å². The zero-order valence-corrected chi connectivity index (χ0v) is 18.0. The Morgan fingerprint density at radius 2 is 1.94 bits per heavy atom. The van der Waals surface area contributed by atoms with Crippen LogP contribution in [0.5, 0.6) is 0 Å². The average Bonchev–Trinajstić information content (AvgIpc) is 3.20. The van der Waals surface area contributed by atoms with Crippen LogP contribution in [0.4, 0.5) is 0 Å². The summed E-state index contributed by atoms with van der Waals surface area (Å²) >= 11 is 0. The van der Waals surface area contributed by atoms with Crippen LogP contribution in [0.25, 0.3) is 22.6 Å². The SMILES string of the molecule is CN(C(=O)c1ccc(-c2nc3ccccc3o2)cc1)C1CCC(C(O)NC2(C)CC2)C1. The van der Waals surface area contributed by atoms with Crippen molar-refractivity contribution in [2.45, 2.75) is 56.8 Å². The number of aromatic nitrogens is 1. The molecule has 3 atom stereocenters. The fourth-order valence-corrected chi connectivity index (χ4v) is 4.56. The first kappa shape index (κ1) is 20.2. The number of carbonyl (C=O) groups is 1. The third kappa shape index (κ3) is 4.10. The van der Waals surface area contributed by atoms with E-state index in [2.05, 4.69) is 17.2 Å². The number of fused-ring (bicyclic) bond motifs is 1. The fourth-order valence-electron chi connectivity index (χ4n) is 4.56. The summed E-state index contributed by atoms with van der Waals surface area (Å²) < 4.78 is 5.82. The Morgan fingerprint density at radius 1 is 1.19 bits per heavy atom. The maximum atomic E-state index is 13.0. The van der Waals surface area contributed by atoms with Gasteiger partial charge in [-0.1, -0.05) is 12.1 Å². The van der Waals surface area contributed by atoms with Crippen molar-refractivity contribution >= 4 is 17.0 Å². The lowest BCUT2D eigenvalue weighted by molar-refractivity contribution is 0.0562. The highest BCUT2D eigenvalue weighted by Gasteiger charge is 2.42. The molecule has 162 valence electrons. The van der Waals surface area contributed by atoms with Crippen molar-refractivity contribution in [1.82, 2.24) is 15.2 Å². The van der Waals surface area contributed by atoms with Gasteiger partial charge in [0.25, 0.3) is 5.91 Å². The van der Waals surface area contributed by atoms with E-state index in [9.17, 15) is 9.90 Å². The number of aliphatic hydroxyl groups excluding tert-OH is 1. The molecule has 0 bridgehead atoms. The zero-order chi connectivity index (χ0) is 21.6. The van der Waals surface area contributed by atoms with Crippen LogP contribution in [0.1, 0.15) is 49.4 Å². The molecule has 2 N–H and O–H groups in total. The minimum atomic E-state index is -0.489. The largest absolute Gasteiger partial charge is 0.436 e. The number of amides is 1. The summed E-state index contributed by atoms with van der Waals surface area (Å²) in [5, 5.41) is 13.9. The Labute approximate surface area is 182 Å². The van der Waals surface area contributed by atoms with Gasteiger partial charge in [0.2, 0.25) is 5.89 Å². The molecule has 1 heterocycles. The second-order valence-electron chi connectivity index (χ2n) is 9.36. The number of para-hydroxylation sites is 2. The number of oxazole rings is 1. The van der Waals surface area contributed by atoms with Gasteiger partial charge in [-0.3, -0.25) is 10.1 Å². The molecule has 5 rings (SSSR count). The standard InChI is InChI=1S/C25H29N3O3/c1-25(13-14-25)27-22(29)18-11-12-19(15-18)28(2)24(30)17-9-7-16(8-10-17)23-26-20-5-3-4-6-21(20)31-23/h3-10,18-19,22,27,29H,11-15H2,1-2H3. The number of aliphatic hydroxyl groups is 1. The summed E-state index contributed by atoms with van der Waals surface area (Å²) in [6, 6.07) is 15.2. The van der Waals surface area contributed by atoms with E-state index in [4.69, 9.17) is 4.42 Å². The third-order valence-corrected chi connectivity index (χ3v) is 6.93. The van der Waals surface area contributed by atoms with Crippen LogP contribution in [-0.2, 0) is 0 Å². The Balaban J connectivity index is 1.23. The van der Waals surface area contributed by atoms with E-state index < -0.39 is 6.23 Å². The molecule has 2 saturated carbocycles. The molecule has 2 aliphatic carbocycles. The summed E-state index contributed by atoms with van der Waals surface area (Å²) in [6.07, 6.45) is 4.44. The normalized spacial score (nSPS) is 23.1. The first-order valence-electron chi connectivity index (χ1n) is 11.1.